The Morgan fingerprint density at radius 1 is 1.14 bits per heavy atom. The number of amides is 1. The van der Waals surface area contributed by atoms with Gasteiger partial charge in [0.25, 0.3) is 5.91 Å². The van der Waals surface area contributed by atoms with Crippen LogP contribution in [0.1, 0.15) is 41.4 Å². The number of hydrogen-bond acceptors (Lipinski definition) is 3. The third kappa shape index (κ3) is 4.07. The van der Waals surface area contributed by atoms with Crippen LogP contribution in [0.3, 0.4) is 0 Å². The summed E-state index contributed by atoms with van der Waals surface area (Å²) >= 11 is 0. The van der Waals surface area contributed by atoms with Gasteiger partial charge in [-0.3, -0.25) is 4.79 Å². The van der Waals surface area contributed by atoms with E-state index in [-0.39, 0.29) is 5.91 Å². The fourth-order valence-corrected chi connectivity index (χ4v) is 2.23. The van der Waals surface area contributed by atoms with Gasteiger partial charge >= 0.3 is 0 Å². The third-order valence-electron chi connectivity index (χ3n) is 3.56. The molecule has 0 spiro atoms. The molecule has 0 saturated carbocycles. The molecule has 0 aliphatic rings. The molecule has 1 aromatic carbocycles. The average molecular weight is 297 g/mol. The summed E-state index contributed by atoms with van der Waals surface area (Å²) in [7, 11) is 0. The van der Waals surface area contributed by atoms with Gasteiger partial charge in [-0.2, -0.15) is 0 Å². The maximum absolute atomic E-state index is 11.9. The molecular weight excluding hydrogens is 274 g/mol. The first-order valence-corrected chi connectivity index (χ1v) is 7.69. The topological polar surface area (TPSA) is 54.0 Å². The Morgan fingerprint density at radius 3 is 2.45 bits per heavy atom. The summed E-state index contributed by atoms with van der Waals surface area (Å²) in [6.45, 7) is 6.93. The minimum Gasteiger partial charge on any atom is -0.354 e. The number of pyridine rings is 1. The van der Waals surface area contributed by atoms with Crippen LogP contribution in [-0.2, 0) is 0 Å². The molecule has 4 nitrogen and oxygen atoms in total. The van der Waals surface area contributed by atoms with Gasteiger partial charge < -0.3 is 10.6 Å². The minimum absolute atomic E-state index is 0.118. The molecule has 0 aliphatic carbocycles. The van der Waals surface area contributed by atoms with Crippen LogP contribution < -0.4 is 10.6 Å². The van der Waals surface area contributed by atoms with Crippen molar-refractivity contribution in [3.63, 3.8) is 0 Å². The molecular formula is C18H23N3O. The maximum Gasteiger partial charge on any atom is 0.269 e. The van der Waals surface area contributed by atoms with E-state index in [1.807, 2.05) is 12.1 Å². The van der Waals surface area contributed by atoms with E-state index >= 15 is 0 Å². The van der Waals surface area contributed by atoms with Crippen LogP contribution >= 0.6 is 0 Å². The largest absolute Gasteiger partial charge is 0.354 e. The number of para-hydroxylation sites is 1. The number of nitrogens with one attached hydrogen (secondary N) is 2. The Hall–Kier alpha value is -2.36. The molecule has 0 saturated heterocycles. The molecule has 0 bridgehead atoms. The highest BCUT2D eigenvalue weighted by Crippen LogP contribution is 2.23. The standard InChI is InChI=1S/C18H23N3O/c1-4-5-11-19-18(22)16-10-9-15(12-20-16)21-17-13(2)7-6-8-14(17)3/h6-10,12,21H,4-5,11H2,1-3H3,(H,19,22). The fraction of sp³-hybridized carbons (Fsp3) is 0.333. The molecule has 22 heavy (non-hydrogen) atoms. The zero-order valence-corrected chi connectivity index (χ0v) is 13.4. The number of aromatic nitrogens is 1. The van der Waals surface area contributed by atoms with Crippen LogP contribution in [0.2, 0.25) is 0 Å². The summed E-state index contributed by atoms with van der Waals surface area (Å²) in [6.07, 6.45) is 3.74. The van der Waals surface area contributed by atoms with Gasteiger partial charge in [0, 0.05) is 12.2 Å². The quantitative estimate of drug-likeness (QED) is 0.793. The SMILES string of the molecule is CCCCNC(=O)c1ccc(Nc2c(C)cccc2C)cn1. The van der Waals surface area contributed by atoms with Gasteiger partial charge in [0.05, 0.1) is 11.9 Å². The van der Waals surface area contributed by atoms with E-state index in [9.17, 15) is 4.79 Å². The van der Waals surface area contributed by atoms with Crippen molar-refractivity contribution in [2.24, 2.45) is 0 Å². The number of anilines is 2. The Labute approximate surface area is 132 Å². The Morgan fingerprint density at radius 2 is 1.86 bits per heavy atom. The molecule has 0 atom stereocenters. The number of carbonyl (C=O) groups excluding carboxylic acids is 1. The van der Waals surface area contributed by atoms with Crippen LogP contribution in [0.25, 0.3) is 0 Å². The molecule has 0 radical (unpaired) electrons. The average Bonchev–Trinajstić information content (AvgIpc) is 2.52. The van der Waals surface area contributed by atoms with E-state index in [4.69, 9.17) is 0 Å². The molecule has 1 amide bonds. The zero-order chi connectivity index (χ0) is 15.9. The van der Waals surface area contributed by atoms with Crippen molar-refractivity contribution < 1.29 is 4.79 Å². The highest BCUT2D eigenvalue weighted by atomic mass is 16.1. The zero-order valence-electron chi connectivity index (χ0n) is 13.4. The fourth-order valence-electron chi connectivity index (χ4n) is 2.23. The second kappa shape index (κ2) is 7.59. The Kier molecular flexibility index (Phi) is 5.53. The number of carbonyl (C=O) groups is 1. The van der Waals surface area contributed by atoms with Gasteiger partial charge in [-0.15, -0.1) is 0 Å². The summed E-state index contributed by atoms with van der Waals surface area (Å²) in [5.74, 6) is -0.118. The summed E-state index contributed by atoms with van der Waals surface area (Å²) in [5, 5.41) is 6.23. The predicted octanol–water partition coefficient (Wildman–Crippen LogP) is 3.97. The summed E-state index contributed by atoms with van der Waals surface area (Å²) < 4.78 is 0. The number of rotatable bonds is 6. The summed E-state index contributed by atoms with van der Waals surface area (Å²) in [4.78, 5) is 16.1. The lowest BCUT2D eigenvalue weighted by Crippen LogP contribution is -2.25. The molecule has 2 aromatic rings. The van der Waals surface area contributed by atoms with Crippen molar-refractivity contribution in [2.45, 2.75) is 33.6 Å². The summed E-state index contributed by atoms with van der Waals surface area (Å²) in [5.41, 5.74) is 4.78. The second-order valence-electron chi connectivity index (χ2n) is 5.43. The number of unbranched alkanes of at least 4 members (excludes halogenated alkanes) is 1. The van der Waals surface area contributed by atoms with Crippen LogP contribution in [0, 0.1) is 13.8 Å². The highest BCUT2D eigenvalue weighted by molar-refractivity contribution is 5.92. The van der Waals surface area contributed by atoms with Crippen molar-refractivity contribution >= 4 is 17.3 Å². The van der Waals surface area contributed by atoms with Crippen molar-refractivity contribution in [3.8, 4) is 0 Å². The van der Waals surface area contributed by atoms with E-state index in [0.29, 0.717) is 12.2 Å². The number of nitrogens with zero attached hydrogens (tertiary/aromatic N) is 1. The van der Waals surface area contributed by atoms with Crippen molar-refractivity contribution in [1.82, 2.24) is 10.3 Å². The van der Waals surface area contributed by atoms with Crippen LogP contribution in [0.5, 0.6) is 0 Å². The highest BCUT2D eigenvalue weighted by Gasteiger charge is 2.07. The Balaban J connectivity index is 2.04. The van der Waals surface area contributed by atoms with Gasteiger partial charge in [0.15, 0.2) is 0 Å². The molecule has 1 heterocycles. The van der Waals surface area contributed by atoms with Crippen LogP contribution in [0.4, 0.5) is 11.4 Å². The minimum atomic E-state index is -0.118. The predicted molar refractivity (Wildman–Crippen MR) is 90.7 cm³/mol. The van der Waals surface area contributed by atoms with Gasteiger partial charge in [-0.05, 0) is 43.5 Å². The second-order valence-corrected chi connectivity index (χ2v) is 5.43. The number of hydrogen-bond donors (Lipinski definition) is 2. The van der Waals surface area contributed by atoms with Gasteiger partial charge in [0.1, 0.15) is 5.69 Å². The molecule has 2 N–H and O–H groups in total. The van der Waals surface area contributed by atoms with Crippen LogP contribution in [-0.4, -0.2) is 17.4 Å². The molecule has 4 heteroatoms. The lowest BCUT2D eigenvalue weighted by molar-refractivity contribution is 0.0948. The van der Waals surface area contributed by atoms with Gasteiger partial charge in [-0.1, -0.05) is 31.5 Å². The maximum atomic E-state index is 11.9. The van der Waals surface area contributed by atoms with E-state index in [0.717, 1.165) is 24.2 Å². The van der Waals surface area contributed by atoms with Crippen molar-refractivity contribution in [3.05, 3.63) is 53.3 Å². The molecule has 116 valence electrons. The van der Waals surface area contributed by atoms with E-state index in [2.05, 4.69) is 48.5 Å². The summed E-state index contributed by atoms with van der Waals surface area (Å²) in [6, 6.07) is 9.80. The normalized spacial score (nSPS) is 10.3. The first-order valence-electron chi connectivity index (χ1n) is 7.69. The molecule has 0 unspecified atom stereocenters. The monoisotopic (exact) mass is 297 g/mol. The lowest BCUT2D eigenvalue weighted by Gasteiger charge is -2.12. The van der Waals surface area contributed by atoms with E-state index in [1.165, 1.54) is 11.1 Å². The Bertz CT molecular complexity index is 615. The van der Waals surface area contributed by atoms with Crippen molar-refractivity contribution in [2.75, 3.05) is 11.9 Å². The lowest BCUT2D eigenvalue weighted by atomic mass is 10.1. The smallest absolute Gasteiger partial charge is 0.269 e. The molecule has 2 rings (SSSR count). The van der Waals surface area contributed by atoms with Crippen LogP contribution in [0.15, 0.2) is 36.5 Å². The van der Waals surface area contributed by atoms with Gasteiger partial charge in [-0.25, -0.2) is 4.98 Å². The number of benzene rings is 1. The third-order valence-corrected chi connectivity index (χ3v) is 3.56. The van der Waals surface area contributed by atoms with Gasteiger partial charge in [0.2, 0.25) is 0 Å². The first-order chi connectivity index (χ1) is 10.6. The van der Waals surface area contributed by atoms with E-state index in [1.54, 1.807) is 12.3 Å². The van der Waals surface area contributed by atoms with Crippen molar-refractivity contribution in [1.29, 1.82) is 0 Å². The molecule has 1 aromatic heterocycles. The number of aryl methyl sites for hydroxylation is 2. The first kappa shape index (κ1) is 16.0. The molecule has 0 fully saturated rings. The molecule has 0 aliphatic heterocycles. The van der Waals surface area contributed by atoms with E-state index < -0.39 is 0 Å².